The van der Waals surface area contributed by atoms with E-state index >= 15 is 0 Å². The zero-order valence-corrected chi connectivity index (χ0v) is 20.7. The second-order valence-electron chi connectivity index (χ2n) is 10.5. The number of fused-ring (bicyclic) bond motifs is 1. The van der Waals surface area contributed by atoms with Crippen LogP contribution in [0.25, 0.3) is 11.1 Å². The molecular formula is C26H36N4O4. The summed E-state index contributed by atoms with van der Waals surface area (Å²) >= 11 is 0. The number of rotatable bonds is 5. The lowest BCUT2D eigenvalue weighted by molar-refractivity contribution is -0.00195. The van der Waals surface area contributed by atoms with Gasteiger partial charge in [-0.1, -0.05) is 0 Å². The number of likely N-dealkylation sites (N-methyl/N-ethyl adjacent to an activating group) is 1. The number of methoxy groups -OCH3 is 1. The summed E-state index contributed by atoms with van der Waals surface area (Å²) in [7, 11) is 3.89. The number of ether oxygens (including phenoxy) is 2. The highest BCUT2D eigenvalue weighted by atomic mass is 16.5. The average molecular weight is 469 g/mol. The molecule has 5 rings (SSSR count). The summed E-state index contributed by atoms with van der Waals surface area (Å²) in [5.74, 6) is 0.823. The standard InChI is InChI=1S/C26H36N4O4/c1-17-6-7-20-21(30(17)25(31)32)9-8-19(24(20)34-26(2)11-5-12-26)18-14-27-29(15-18)22-10-13-28(3)16-23(22)33-4/h8-9,14-15,17,22-23H,5-7,10-13,16H2,1-4H3,(H,31,32)/t17-,22?,23?/m0/s1. The summed E-state index contributed by atoms with van der Waals surface area (Å²) < 4.78 is 14.5. The first-order chi connectivity index (χ1) is 16.3. The van der Waals surface area contributed by atoms with Crippen LogP contribution in [0.5, 0.6) is 5.75 Å². The molecular weight excluding hydrogens is 432 g/mol. The van der Waals surface area contributed by atoms with Crippen LogP contribution < -0.4 is 9.64 Å². The van der Waals surface area contributed by atoms with Gasteiger partial charge in [-0.3, -0.25) is 9.58 Å². The Bertz CT molecular complexity index is 1060. The Hall–Kier alpha value is -2.58. The summed E-state index contributed by atoms with van der Waals surface area (Å²) in [6, 6.07) is 4.08. The Labute approximate surface area is 201 Å². The number of anilines is 1. The zero-order valence-electron chi connectivity index (χ0n) is 20.7. The first-order valence-electron chi connectivity index (χ1n) is 12.4. The van der Waals surface area contributed by atoms with E-state index < -0.39 is 6.09 Å². The van der Waals surface area contributed by atoms with Gasteiger partial charge in [-0.25, -0.2) is 4.79 Å². The van der Waals surface area contributed by atoms with Crippen LogP contribution in [0.2, 0.25) is 0 Å². The van der Waals surface area contributed by atoms with Crippen molar-refractivity contribution < 1.29 is 19.4 Å². The van der Waals surface area contributed by atoms with E-state index in [1.165, 1.54) is 4.90 Å². The minimum atomic E-state index is -0.914. The fraction of sp³-hybridized carbons (Fsp3) is 0.615. The number of hydrogen-bond acceptors (Lipinski definition) is 5. The maximum Gasteiger partial charge on any atom is 0.412 e. The molecule has 184 valence electrons. The third kappa shape index (κ3) is 4.07. The van der Waals surface area contributed by atoms with E-state index in [4.69, 9.17) is 14.6 Å². The van der Waals surface area contributed by atoms with Crippen molar-refractivity contribution >= 4 is 11.8 Å². The van der Waals surface area contributed by atoms with Crippen LogP contribution in [0.4, 0.5) is 10.5 Å². The zero-order chi connectivity index (χ0) is 24.0. The molecule has 1 saturated heterocycles. The quantitative estimate of drug-likeness (QED) is 0.692. The van der Waals surface area contributed by atoms with E-state index in [2.05, 4.69) is 25.1 Å². The number of carboxylic acid groups (broad SMARTS) is 1. The van der Waals surface area contributed by atoms with Gasteiger partial charge in [0.2, 0.25) is 0 Å². The van der Waals surface area contributed by atoms with E-state index in [-0.39, 0.29) is 23.8 Å². The monoisotopic (exact) mass is 468 g/mol. The smallest absolute Gasteiger partial charge is 0.412 e. The molecule has 3 atom stereocenters. The normalized spacial score (nSPS) is 26.6. The van der Waals surface area contributed by atoms with Crippen LogP contribution in [0.15, 0.2) is 24.5 Å². The molecule has 1 aliphatic carbocycles. The molecule has 8 nitrogen and oxygen atoms in total. The van der Waals surface area contributed by atoms with Crippen LogP contribution in [-0.2, 0) is 11.2 Å². The van der Waals surface area contributed by atoms with E-state index in [1.54, 1.807) is 7.11 Å². The molecule has 8 heteroatoms. The van der Waals surface area contributed by atoms with Crippen molar-refractivity contribution in [2.45, 2.75) is 76.2 Å². The van der Waals surface area contributed by atoms with Crippen molar-refractivity contribution in [1.29, 1.82) is 0 Å². The number of amides is 1. The second kappa shape index (κ2) is 8.89. The SMILES string of the molecule is COC1CN(C)CCC1n1cc(-c2ccc3c(c2OC2(C)CCC2)CC[C@H](C)N3C(=O)O)cn1. The molecule has 0 radical (unpaired) electrons. The van der Waals surface area contributed by atoms with E-state index in [0.717, 1.165) is 79.7 Å². The predicted molar refractivity (Wildman–Crippen MR) is 131 cm³/mol. The highest BCUT2D eigenvalue weighted by Gasteiger charge is 2.38. The molecule has 1 aromatic carbocycles. The molecule has 0 spiro atoms. The van der Waals surface area contributed by atoms with Crippen LogP contribution in [0.3, 0.4) is 0 Å². The molecule has 1 saturated carbocycles. The van der Waals surface area contributed by atoms with Gasteiger partial charge in [0.05, 0.1) is 24.0 Å². The number of hydrogen-bond donors (Lipinski definition) is 1. The third-order valence-electron chi connectivity index (χ3n) is 8.00. The van der Waals surface area contributed by atoms with Crippen molar-refractivity contribution in [2.75, 3.05) is 32.1 Å². The Kier molecular flexibility index (Phi) is 6.06. The first-order valence-corrected chi connectivity index (χ1v) is 12.4. The van der Waals surface area contributed by atoms with Crippen molar-refractivity contribution in [3.63, 3.8) is 0 Å². The maximum atomic E-state index is 12.1. The first kappa shape index (κ1) is 23.2. The molecule has 2 unspecified atom stereocenters. The Morgan fingerprint density at radius 3 is 2.74 bits per heavy atom. The van der Waals surface area contributed by atoms with Crippen LogP contribution in [0, 0.1) is 0 Å². The summed E-state index contributed by atoms with van der Waals surface area (Å²) in [4.78, 5) is 15.8. The molecule has 2 aliphatic heterocycles. The summed E-state index contributed by atoms with van der Waals surface area (Å²) in [6.45, 7) is 6.02. The van der Waals surface area contributed by atoms with Crippen molar-refractivity contribution in [3.8, 4) is 16.9 Å². The molecule has 1 N–H and O–H groups in total. The second-order valence-corrected chi connectivity index (χ2v) is 10.5. The molecule has 1 amide bonds. The number of nitrogens with zero attached hydrogens (tertiary/aromatic N) is 4. The Balaban J connectivity index is 1.55. The van der Waals surface area contributed by atoms with Gasteiger partial charge in [0.1, 0.15) is 11.4 Å². The summed E-state index contributed by atoms with van der Waals surface area (Å²) in [5.41, 5.74) is 3.52. The Morgan fingerprint density at radius 1 is 1.26 bits per heavy atom. The van der Waals surface area contributed by atoms with Gasteiger partial charge >= 0.3 is 6.09 Å². The minimum Gasteiger partial charge on any atom is -0.487 e. The van der Waals surface area contributed by atoms with E-state index in [0.29, 0.717) is 0 Å². The fourth-order valence-corrected chi connectivity index (χ4v) is 5.71. The van der Waals surface area contributed by atoms with Crippen molar-refractivity contribution in [3.05, 3.63) is 30.1 Å². The summed E-state index contributed by atoms with van der Waals surface area (Å²) in [5, 5.41) is 14.6. The molecule has 3 aliphatic rings. The molecule has 0 bridgehead atoms. The van der Waals surface area contributed by atoms with Gasteiger partial charge in [0, 0.05) is 49.1 Å². The molecule has 34 heavy (non-hydrogen) atoms. The largest absolute Gasteiger partial charge is 0.487 e. The molecule has 2 aromatic rings. The molecule has 1 aromatic heterocycles. The average Bonchev–Trinajstić information content (AvgIpc) is 3.27. The lowest BCUT2D eigenvalue weighted by atomic mass is 9.81. The number of piperidine rings is 1. The van der Waals surface area contributed by atoms with Gasteiger partial charge < -0.3 is 19.5 Å². The van der Waals surface area contributed by atoms with E-state index in [1.807, 2.05) is 29.9 Å². The lowest BCUT2D eigenvalue weighted by Gasteiger charge is -2.41. The minimum absolute atomic E-state index is 0.0545. The summed E-state index contributed by atoms with van der Waals surface area (Å²) in [6.07, 6.45) is 8.92. The van der Waals surface area contributed by atoms with Gasteiger partial charge in [0.15, 0.2) is 0 Å². The van der Waals surface area contributed by atoms with Crippen molar-refractivity contribution in [1.82, 2.24) is 14.7 Å². The fourth-order valence-electron chi connectivity index (χ4n) is 5.71. The maximum absolute atomic E-state index is 12.1. The van der Waals surface area contributed by atoms with Gasteiger partial charge in [-0.2, -0.15) is 5.10 Å². The van der Waals surface area contributed by atoms with Crippen LogP contribution in [0.1, 0.15) is 57.6 Å². The van der Waals surface area contributed by atoms with E-state index in [9.17, 15) is 9.90 Å². The number of carbonyl (C=O) groups is 1. The number of likely N-dealkylation sites (tertiary alicyclic amines) is 1. The molecule has 2 fully saturated rings. The van der Waals surface area contributed by atoms with Crippen LogP contribution >= 0.6 is 0 Å². The topological polar surface area (TPSA) is 80.1 Å². The Morgan fingerprint density at radius 2 is 2.06 bits per heavy atom. The lowest BCUT2D eigenvalue weighted by Crippen LogP contribution is -2.43. The van der Waals surface area contributed by atoms with Crippen molar-refractivity contribution in [2.24, 2.45) is 0 Å². The molecule has 3 heterocycles. The third-order valence-corrected chi connectivity index (χ3v) is 8.00. The highest BCUT2D eigenvalue weighted by Crippen LogP contribution is 2.47. The predicted octanol–water partition coefficient (Wildman–Crippen LogP) is 4.58. The van der Waals surface area contributed by atoms with Gasteiger partial charge in [0.25, 0.3) is 0 Å². The van der Waals surface area contributed by atoms with Gasteiger partial charge in [-0.15, -0.1) is 0 Å². The highest BCUT2D eigenvalue weighted by molar-refractivity contribution is 5.91. The number of benzene rings is 1. The number of aromatic nitrogens is 2. The van der Waals surface area contributed by atoms with Crippen LogP contribution in [-0.4, -0.2) is 70.9 Å². The van der Waals surface area contributed by atoms with Gasteiger partial charge in [-0.05, 0) is 71.6 Å².